The zero-order valence-electron chi connectivity index (χ0n) is 11.8. The van der Waals surface area contributed by atoms with Gasteiger partial charge in [0.05, 0.1) is 0 Å². The molecule has 1 fully saturated rings. The Morgan fingerprint density at radius 1 is 1.29 bits per heavy atom. The molecule has 0 amide bonds. The second-order valence-corrected chi connectivity index (χ2v) is 7.49. The van der Waals surface area contributed by atoms with Crippen molar-refractivity contribution in [2.45, 2.75) is 38.3 Å². The predicted molar refractivity (Wildman–Crippen MR) is 90.0 cm³/mol. The minimum atomic E-state index is -0.177. The zero-order chi connectivity index (χ0) is 14.7. The molecule has 1 atom stereocenters. The molecule has 1 heterocycles. The standard InChI is InChI=1S/C17H19BrFNS/c18-15-8-7-14(19)10-13(15)11-20-17(12-4-1-2-5-12)16-6-3-9-21-16/h3,6-10,12,17,20H,1-2,4-5,11H2. The van der Waals surface area contributed by atoms with Crippen molar-refractivity contribution in [1.82, 2.24) is 5.32 Å². The van der Waals surface area contributed by atoms with Gasteiger partial charge in [0.2, 0.25) is 0 Å². The van der Waals surface area contributed by atoms with Crippen LogP contribution < -0.4 is 5.32 Å². The molecule has 1 unspecified atom stereocenters. The fourth-order valence-corrected chi connectivity index (χ4v) is 4.44. The fraction of sp³-hybridized carbons (Fsp3) is 0.412. The molecule has 0 spiro atoms. The number of benzene rings is 1. The van der Waals surface area contributed by atoms with Gasteiger partial charge < -0.3 is 5.32 Å². The van der Waals surface area contributed by atoms with Gasteiger partial charge in [0.1, 0.15) is 5.82 Å². The maximum Gasteiger partial charge on any atom is 0.123 e. The first kappa shape index (κ1) is 15.2. The Balaban J connectivity index is 1.74. The van der Waals surface area contributed by atoms with Crippen molar-refractivity contribution < 1.29 is 4.39 Å². The molecule has 1 aromatic carbocycles. The van der Waals surface area contributed by atoms with E-state index < -0.39 is 0 Å². The van der Waals surface area contributed by atoms with Crippen LogP contribution in [0.15, 0.2) is 40.2 Å². The second kappa shape index (κ2) is 7.03. The van der Waals surface area contributed by atoms with Crippen LogP contribution in [0.5, 0.6) is 0 Å². The van der Waals surface area contributed by atoms with Crippen molar-refractivity contribution in [1.29, 1.82) is 0 Å². The van der Waals surface area contributed by atoms with E-state index in [2.05, 4.69) is 38.8 Å². The third-order valence-corrected chi connectivity index (χ3v) is 5.97. The lowest BCUT2D eigenvalue weighted by atomic mass is 9.96. The van der Waals surface area contributed by atoms with E-state index in [0.29, 0.717) is 18.5 Å². The van der Waals surface area contributed by atoms with E-state index in [4.69, 9.17) is 0 Å². The normalized spacial score (nSPS) is 17.2. The van der Waals surface area contributed by atoms with E-state index in [1.54, 1.807) is 12.1 Å². The lowest BCUT2D eigenvalue weighted by molar-refractivity contribution is 0.370. The average molecular weight is 368 g/mol. The van der Waals surface area contributed by atoms with Crippen molar-refractivity contribution in [2.75, 3.05) is 0 Å². The third kappa shape index (κ3) is 3.74. The number of hydrogen-bond donors (Lipinski definition) is 1. The van der Waals surface area contributed by atoms with E-state index in [1.807, 2.05) is 11.3 Å². The molecule has 2 aromatic rings. The molecule has 4 heteroatoms. The Bertz CT molecular complexity index is 578. The van der Waals surface area contributed by atoms with Crippen LogP contribution in [-0.4, -0.2) is 0 Å². The van der Waals surface area contributed by atoms with E-state index in [1.165, 1.54) is 36.6 Å². The summed E-state index contributed by atoms with van der Waals surface area (Å²) in [4.78, 5) is 1.40. The molecule has 1 nitrogen and oxygen atoms in total. The Labute approximate surface area is 137 Å². The lowest BCUT2D eigenvalue weighted by Gasteiger charge is -2.24. The summed E-state index contributed by atoms with van der Waals surface area (Å²) in [5, 5.41) is 5.80. The van der Waals surface area contributed by atoms with Gasteiger partial charge in [-0.3, -0.25) is 0 Å². The highest BCUT2D eigenvalue weighted by atomic mass is 79.9. The van der Waals surface area contributed by atoms with Crippen LogP contribution in [0.1, 0.15) is 42.2 Å². The molecule has 0 saturated heterocycles. The molecule has 0 aliphatic heterocycles. The summed E-state index contributed by atoms with van der Waals surface area (Å²) in [5.41, 5.74) is 0.981. The molecular weight excluding hydrogens is 349 g/mol. The van der Waals surface area contributed by atoms with Gasteiger partial charge in [-0.25, -0.2) is 4.39 Å². The summed E-state index contributed by atoms with van der Waals surface area (Å²) in [5.74, 6) is 0.527. The molecule has 3 rings (SSSR count). The summed E-state index contributed by atoms with van der Waals surface area (Å²) in [7, 11) is 0. The van der Waals surface area contributed by atoms with Crippen LogP contribution in [-0.2, 0) is 6.54 Å². The van der Waals surface area contributed by atoms with Gasteiger partial charge in [0.25, 0.3) is 0 Å². The first-order valence-electron chi connectivity index (χ1n) is 7.45. The predicted octanol–water partition coefficient (Wildman–Crippen LogP) is 5.67. The van der Waals surface area contributed by atoms with Crippen LogP contribution in [0, 0.1) is 11.7 Å². The summed E-state index contributed by atoms with van der Waals surface area (Å²) in [6.45, 7) is 0.692. The zero-order valence-corrected chi connectivity index (χ0v) is 14.2. The third-order valence-electron chi connectivity index (χ3n) is 4.24. The molecule has 112 valence electrons. The molecular formula is C17H19BrFNS. The average Bonchev–Trinajstić information content (AvgIpc) is 3.16. The van der Waals surface area contributed by atoms with Crippen molar-refractivity contribution in [3.8, 4) is 0 Å². The highest BCUT2D eigenvalue weighted by Gasteiger charge is 2.26. The molecule has 21 heavy (non-hydrogen) atoms. The topological polar surface area (TPSA) is 12.0 Å². The molecule has 0 radical (unpaired) electrons. The number of halogens is 2. The van der Waals surface area contributed by atoms with E-state index in [9.17, 15) is 4.39 Å². The SMILES string of the molecule is Fc1ccc(Br)c(CNC(c2cccs2)C2CCCC2)c1. The number of nitrogens with one attached hydrogen (secondary N) is 1. The van der Waals surface area contributed by atoms with Crippen molar-refractivity contribution >= 4 is 27.3 Å². The molecule has 1 aliphatic carbocycles. The summed E-state index contributed by atoms with van der Waals surface area (Å²) < 4.78 is 14.4. The second-order valence-electron chi connectivity index (χ2n) is 5.65. The van der Waals surface area contributed by atoms with Crippen LogP contribution in [0.4, 0.5) is 4.39 Å². The van der Waals surface area contributed by atoms with Gasteiger partial charge in [-0.05, 0) is 54.0 Å². The summed E-state index contributed by atoms with van der Waals surface area (Å²) >= 11 is 5.32. The number of rotatable bonds is 5. The first-order valence-corrected chi connectivity index (χ1v) is 9.12. The molecule has 1 N–H and O–H groups in total. The van der Waals surface area contributed by atoms with Crippen LogP contribution in [0.3, 0.4) is 0 Å². The minimum absolute atomic E-state index is 0.177. The number of thiophene rings is 1. The Morgan fingerprint density at radius 3 is 2.81 bits per heavy atom. The van der Waals surface area contributed by atoms with Crippen LogP contribution in [0.2, 0.25) is 0 Å². The first-order chi connectivity index (χ1) is 10.2. The molecule has 1 aliphatic rings. The van der Waals surface area contributed by atoms with E-state index >= 15 is 0 Å². The highest BCUT2D eigenvalue weighted by molar-refractivity contribution is 9.10. The van der Waals surface area contributed by atoms with Gasteiger partial charge >= 0.3 is 0 Å². The largest absolute Gasteiger partial charge is 0.305 e. The maximum absolute atomic E-state index is 13.4. The van der Waals surface area contributed by atoms with E-state index in [-0.39, 0.29) is 5.82 Å². The van der Waals surface area contributed by atoms with Crippen molar-refractivity contribution in [3.63, 3.8) is 0 Å². The fourth-order valence-electron chi connectivity index (χ4n) is 3.16. The Morgan fingerprint density at radius 2 is 2.10 bits per heavy atom. The Kier molecular flexibility index (Phi) is 5.09. The van der Waals surface area contributed by atoms with Gasteiger partial charge in [-0.1, -0.05) is 34.8 Å². The van der Waals surface area contributed by atoms with Crippen molar-refractivity contribution in [2.24, 2.45) is 5.92 Å². The van der Waals surface area contributed by atoms with Crippen LogP contribution in [0.25, 0.3) is 0 Å². The molecule has 0 bridgehead atoms. The smallest absolute Gasteiger partial charge is 0.123 e. The minimum Gasteiger partial charge on any atom is -0.305 e. The summed E-state index contributed by atoms with van der Waals surface area (Å²) in [6.07, 6.45) is 5.25. The van der Waals surface area contributed by atoms with Crippen molar-refractivity contribution in [3.05, 3.63) is 56.4 Å². The lowest BCUT2D eigenvalue weighted by Crippen LogP contribution is -2.26. The Hall–Kier alpha value is -0.710. The maximum atomic E-state index is 13.4. The number of hydrogen-bond acceptors (Lipinski definition) is 2. The van der Waals surface area contributed by atoms with Gasteiger partial charge in [-0.15, -0.1) is 11.3 Å². The summed E-state index contributed by atoms with van der Waals surface area (Å²) in [6, 6.07) is 9.59. The van der Waals surface area contributed by atoms with Gasteiger partial charge in [0.15, 0.2) is 0 Å². The van der Waals surface area contributed by atoms with Crippen LogP contribution >= 0.6 is 27.3 Å². The highest BCUT2D eigenvalue weighted by Crippen LogP contribution is 2.37. The van der Waals surface area contributed by atoms with Gasteiger partial charge in [-0.2, -0.15) is 0 Å². The quantitative estimate of drug-likeness (QED) is 0.717. The monoisotopic (exact) mass is 367 g/mol. The van der Waals surface area contributed by atoms with Gasteiger partial charge in [0, 0.05) is 21.9 Å². The molecule has 1 aromatic heterocycles. The molecule has 1 saturated carbocycles. The van der Waals surface area contributed by atoms with E-state index in [0.717, 1.165) is 10.0 Å².